The van der Waals surface area contributed by atoms with Crippen molar-refractivity contribution in [2.24, 2.45) is 0 Å². The minimum Gasteiger partial charge on any atom is -0.492 e. The van der Waals surface area contributed by atoms with Gasteiger partial charge in [-0.3, -0.25) is 9.89 Å². The van der Waals surface area contributed by atoms with Gasteiger partial charge in [-0.15, -0.1) is 5.10 Å². The average Bonchev–Trinajstić information content (AvgIpc) is 3.40. The molecule has 4 aromatic rings. The highest BCUT2D eigenvalue weighted by atomic mass is 16.5. The molecule has 1 amide bonds. The first-order valence-corrected chi connectivity index (χ1v) is 10.8. The van der Waals surface area contributed by atoms with Crippen molar-refractivity contribution in [2.45, 2.75) is 25.4 Å². The van der Waals surface area contributed by atoms with Gasteiger partial charge in [-0.2, -0.15) is 5.10 Å². The van der Waals surface area contributed by atoms with Crippen LogP contribution in [0.4, 0.5) is 5.82 Å². The largest absolute Gasteiger partial charge is 0.492 e. The van der Waals surface area contributed by atoms with Crippen LogP contribution in [0.1, 0.15) is 13.3 Å². The van der Waals surface area contributed by atoms with E-state index in [1.165, 1.54) is 6.08 Å². The van der Waals surface area contributed by atoms with Gasteiger partial charge in [0.1, 0.15) is 11.6 Å². The molecule has 7 heterocycles. The van der Waals surface area contributed by atoms with Crippen LogP contribution in [0.5, 0.6) is 5.75 Å². The van der Waals surface area contributed by atoms with Crippen LogP contribution in [0.3, 0.4) is 0 Å². The fraction of sp³-hybridized carbons (Fsp3) is 0.304. The summed E-state index contributed by atoms with van der Waals surface area (Å²) in [4.78, 5) is 21.0. The standard InChI is InChI=1S/C23H23N7O2/c1-3-21(31)30-15-7-16(30)12-28(11-15)20-6-5-14(9-24-20)18-8-17(32-4-2)13-29-22(18)19-10-25-26-23(19)27-29/h3,5-6,8-10,13,15-16H,1,4,7,11-12H2,2H3,(H,26,27). The number of hydrogen-bond acceptors (Lipinski definition) is 6. The fourth-order valence-corrected chi connectivity index (χ4v) is 5.00. The number of pyridine rings is 2. The predicted molar refractivity (Wildman–Crippen MR) is 121 cm³/mol. The van der Waals surface area contributed by atoms with E-state index in [-0.39, 0.29) is 18.0 Å². The highest BCUT2D eigenvalue weighted by molar-refractivity contribution is 6.00. The molecular weight excluding hydrogens is 406 g/mol. The zero-order valence-electron chi connectivity index (χ0n) is 17.7. The van der Waals surface area contributed by atoms with Crippen molar-refractivity contribution in [3.63, 3.8) is 0 Å². The van der Waals surface area contributed by atoms with Crippen molar-refractivity contribution in [2.75, 3.05) is 24.6 Å². The Hall–Kier alpha value is -3.88. The van der Waals surface area contributed by atoms with Gasteiger partial charge < -0.3 is 14.5 Å². The highest BCUT2D eigenvalue weighted by Crippen LogP contribution is 2.36. The third-order valence-electron chi connectivity index (χ3n) is 6.42. The number of rotatable bonds is 5. The SMILES string of the molecule is C=CC(=O)N1C2CC1CN(c1ccc(-c3cc(OCC)cn4nc5[nH]ncc5c34)cn1)C2. The van der Waals surface area contributed by atoms with Gasteiger partial charge in [0.15, 0.2) is 5.65 Å². The van der Waals surface area contributed by atoms with Gasteiger partial charge >= 0.3 is 0 Å². The summed E-state index contributed by atoms with van der Waals surface area (Å²) in [5.41, 5.74) is 3.66. The van der Waals surface area contributed by atoms with Crippen LogP contribution < -0.4 is 9.64 Å². The molecule has 9 nitrogen and oxygen atoms in total. The van der Waals surface area contributed by atoms with Crippen LogP contribution in [0.2, 0.25) is 0 Å². The summed E-state index contributed by atoms with van der Waals surface area (Å²) in [6.45, 7) is 7.75. The van der Waals surface area contributed by atoms with Crippen LogP contribution in [-0.2, 0) is 4.79 Å². The molecule has 3 aliphatic heterocycles. The Morgan fingerprint density at radius 1 is 1.31 bits per heavy atom. The molecule has 9 heteroatoms. The Labute approximate surface area is 184 Å². The van der Waals surface area contributed by atoms with Gasteiger partial charge in [0.2, 0.25) is 5.91 Å². The lowest BCUT2D eigenvalue weighted by Gasteiger charge is -2.56. The van der Waals surface area contributed by atoms with Crippen LogP contribution >= 0.6 is 0 Å². The van der Waals surface area contributed by atoms with Gasteiger partial charge in [0.05, 0.1) is 42.0 Å². The maximum Gasteiger partial charge on any atom is 0.246 e. The summed E-state index contributed by atoms with van der Waals surface area (Å²) in [6.07, 6.45) is 8.03. The van der Waals surface area contributed by atoms with Gasteiger partial charge in [0, 0.05) is 30.4 Å². The van der Waals surface area contributed by atoms with E-state index in [1.807, 2.05) is 40.9 Å². The third kappa shape index (κ3) is 2.77. The molecule has 3 saturated heterocycles. The van der Waals surface area contributed by atoms with Crippen LogP contribution in [0.25, 0.3) is 27.7 Å². The molecule has 3 fully saturated rings. The van der Waals surface area contributed by atoms with E-state index in [0.717, 1.165) is 58.8 Å². The molecule has 2 atom stereocenters. The molecule has 0 aliphatic carbocycles. The predicted octanol–water partition coefficient (Wildman–Crippen LogP) is 2.65. The molecule has 32 heavy (non-hydrogen) atoms. The first-order chi connectivity index (χ1) is 15.7. The van der Waals surface area contributed by atoms with Gasteiger partial charge in [0.25, 0.3) is 0 Å². The lowest BCUT2D eigenvalue weighted by Crippen LogP contribution is -2.70. The van der Waals surface area contributed by atoms with Crippen LogP contribution in [-0.4, -0.2) is 67.4 Å². The van der Waals surface area contributed by atoms with E-state index in [0.29, 0.717) is 6.61 Å². The molecule has 1 N–H and O–H groups in total. The van der Waals surface area contributed by atoms with Crippen molar-refractivity contribution in [1.82, 2.24) is 29.7 Å². The lowest BCUT2D eigenvalue weighted by molar-refractivity contribution is -0.140. The molecule has 7 rings (SSSR count). The number of carbonyl (C=O) groups is 1. The van der Waals surface area contributed by atoms with Gasteiger partial charge in [-0.1, -0.05) is 6.58 Å². The van der Waals surface area contributed by atoms with Crippen molar-refractivity contribution in [3.05, 3.63) is 49.4 Å². The topological polar surface area (TPSA) is 91.7 Å². The Morgan fingerprint density at radius 3 is 2.88 bits per heavy atom. The first kappa shape index (κ1) is 18.9. The normalized spacial score (nSPS) is 19.9. The second-order valence-corrected chi connectivity index (χ2v) is 8.25. The molecule has 162 valence electrons. The van der Waals surface area contributed by atoms with Crippen molar-refractivity contribution in [1.29, 1.82) is 0 Å². The molecule has 0 spiro atoms. The monoisotopic (exact) mass is 429 g/mol. The second kappa shape index (κ2) is 7.08. The van der Waals surface area contributed by atoms with E-state index in [9.17, 15) is 4.79 Å². The number of ether oxygens (including phenoxy) is 1. The first-order valence-electron chi connectivity index (χ1n) is 10.8. The average molecular weight is 429 g/mol. The number of amides is 1. The van der Waals surface area contributed by atoms with Crippen LogP contribution in [0, 0.1) is 0 Å². The Morgan fingerprint density at radius 2 is 2.16 bits per heavy atom. The molecule has 2 unspecified atom stereocenters. The highest BCUT2D eigenvalue weighted by Gasteiger charge is 2.46. The molecule has 2 bridgehead atoms. The maximum atomic E-state index is 12.0. The summed E-state index contributed by atoms with van der Waals surface area (Å²) >= 11 is 0. The number of aromatic nitrogens is 5. The van der Waals surface area contributed by atoms with Crippen molar-refractivity contribution >= 4 is 28.3 Å². The minimum absolute atomic E-state index is 0.0266. The number of aromatic amines is 1. The van der Waals surface area contributed by atoms with Crippen LogP contribution in [0.15, 0.2) is 49.4 Å². The number of nitrogens with one attached hydrogen (secondary N) is 1. The van der Waals surface area contributed by atoms with E-state index in [4.69, 9.17) is 9.72 Å². The second-order valence-electron chi connectivity index (χ2n) is 8.25. The maximum absolute atomic E-state index is 12.0. The lowest BCUT2D eigenvalue weighted by atomic mass is 9.87. The van der Waals surface area contributed by atoms with Crippen molar-refractivity contribution in [3.8, 4) is 16.9 Å². The van der Waals surface area contributed by atoms with E-state index >= 15 is 0 Å². The zero-order valence-corrected chi connectivity index (χ0v) is 17.7. The van der Waals surface area contributed by atoms with E-state index in [2.05, 4.69) is 32.8 Å². The van der Waals surface area contributed by atoms with E-state index < -0.39 is 0 Å². The Kier molecular flexibility index (Phi) is 4.17. The molecule has 0 aromatic carbocycles. The Bertz CT molecular complexity index is 1330. The summed E-state index contributed by atoms with van der Waals surface area (Å²) in [5, 5.41) is 12.6. The summed E-state index contributed by atoms with van der Waals surface area (Å²) < 4.78 is 7.60. The van der Waals surface area contributed by atoms with E-state index in [1.54, 1.807) is 6.20 Å². The minimum atomic E-state index is 0.0266. The number of piperazine rings is 1. The number of hydrogen-bond donors (Lipinski definition) is 1. The molecular formula is C23H23N7O2. The number of piperidine rings is 1. The zero-order chi connectivity index (χ0) is 21.8. The fourth-order valence-electron chi connectivity index (χ4n) is 5.00. The number of fused-ring (bicyclic) bond motifs is 5. The quantitative estimate of drug-likeness (QED) is 0.491. The smallest absolute Gasteiger partial charge is 0.246 e. The number of H-pyrrole nitrogens is 1. The molecule has 0 radical (unpaired) electrons. The Balaban J connectivity index is 1.33. The molecule has 0 saturated carbocycles. The number of anilines is 1. The molecule has 3 aliphatic rings. The summed E-state index contributed by atoms with van der Waals surface area (Å²) in [5.74, 6) is 1.70. The molecule has 4 aromatic heterocycles. The van der Waals surface area contributed by atoms with Gasteiger partial charge in [-0.25, -0.2) is 9.50 Å². The van der Waals surface area contributed by atoms with Gasteiger partial charge in [-0.05, 0) is 37.6 Å². The third-order valence-corrected chi connectivity index (χ3v) is 6.42. The summed E-state index contributed by atoms with van der Waals surface area (Å²) in [7, 11) is 0. The number of nitrogens with zero attached hydrogens (tertiary/aromatic N) is 6. The van der Waals surface area contributed by atoms with Crippen molar-refractivity contribution < 1.29 is 9.53 Å². The number of carbonyl (C=O) groups excluding carboxylic acids is 1. The summed E-state index contributed by atoms with van der Waals surface area (Å²) in [6, 6.07) is 6.64.